The number of carbonyl (C=O) groups is 1. The number of hydrogen-bond acceptors (Lipinski definition) is 2. The summed E-state index contributed by atoms with van der Waals surface area (Å²) in [5, 5.41) is 2.47. The summed E-state index contributed by atoms with van der Waals surface area (Å²) in [5.74, 6) is -2.45. The Bertz CT molecular complexity index is 644. The number of carbonyl (C=O) groups excluding carboxylic acids is 1. The van der Waals surface area contributed by atoms with Gasteiger partial charge in [0.25, 0.3) is 0 Å². The molecule has 1 unspecified atom stereocenters. The number of nitrogens with two attached hydrogens (primary N) is 1. The van der Waals surface area contributed by atoms with Crippen molar-refractivity contribution in [3.8, 4) is 0 Å². The molecule has 0 radical (unpaired) electrons. The normalized spacial score (nSPS) is 12.0. The van der Waals surface area contributed by atoms with Gasteiger partial charge in [-0.2, -0.15) is 0 Å². The zero-order chi connectivity index (χ0) is 15.4. The Morgan fingerprint density at radius 1 is 1.19 bits per heavy atom. The first-order valence-electron chi connectivity index (χ1n) is 6.63. The van der Waals surface area contributed by atoms with Crippen molar-refractivity contribution >= 4 is 17.3 Å². The standard InChI is InChI=1S/C16H16F2N2O/c1-2-11(10-6-4-3-5-7-10)16(21)20-15-9-14(19)12(17)8-13(15)18/h3-9,11H,2,19H2,1H3,(H,20,21). The van der Waals surface area contributed by atoms with Crippen LogP contribution >= 0.6 is 0 Å². The van der Waals surface area contributed by atoms with Crippen molar-refractivity contribution in [3.63, 3.8) is 0 Å². The molecule has 3 nitrogen and oxygen atoms in total. The van der Waals surface area contributed by atoms with Crippen LogP contribution in [0.3, 0.4) is 0 Å². The van der Waals surface area contributed by atoms with E-state index in [0.29, 0.717) is 12.5 Å². The van der Waals surface area contributed by atoms with Crippen molar-refractivity contribution in [2.75, 3.05) is 11.1 Å². The summed E-state index contributed by atoms with van der Waals surface area (Å²) in [5.41, 5.74) is 5.91. The van der Waals surface area contributed by atoms with Gasteiger partial charge >= 0.3 is 0 Å². The Morgan fingerprint density at radius 2 is 1.86 bits per heavy atom. The molecular formula is C16H16F2N2O. The fourth-order valence-corrected chi connectivity index (χ4v) is 2.14. The van der Waals surface area contributed by atoms with Crippen LogP contribution in [-0.2, 0) is 4.79 Å². The molecule has 3 N–H and O–H groups in total. The molecule has 2 aromatic rings. The molecule has 0 saturated carbocycles. The van der Waals surface area contributed by atoms with Crippen molar-refractivity contribution in [2.45, 2.75) is 19.3 Å². The summed E-state index contributed by atoms with van der Waals surface area (Å²) >= 11 is 0. The molecule has 1 atom stereocenters. The third kappa shape index (κ3) is 3.37. The molecular weight excluding hydrogens is 274 g/mol. The maximum Gasteiger partial charge on any atom is 0.231 e. The van der Waals surface area contributed by atoms with Crippen molar-refractivity contribution in [1.82, 2.24) is 0 Å². The van der Waals surface area contributed by atoms with Crippen LogP contribution in [0.25, 0.3) is 0 Å². The molecule has 0 fully saturated rings. The fourth-order valence-electron chi connectivity index (χ4n) is 2.14. The molecule has 0 spiro atoms. The summed E-state index contributed by atoms with van der Waals surface area (Å²) in [6.07, 6.45) is 0.564. The highest BCUT2D eigenvalue weighted by Gasteiger charge is 2.20. The van der Waals surface area contributed by atoms with Gasteiger partial charge in [-0.05, 0) is 18.1 Å². The third-order valence-electron chi connectivity index (χ3n) is 3.27. The zero-order valence-corrected chi connectivity index (χ0v) is 11.6. The first kappa shape index (κ1) is 15.0. The molecule has 0 aliphatic rings. The van der Waals surface area contributed by atoms with E-state index in [4.69, 9.17) is 5.73 Å². The fraction of sp³-hybridized carbons (Fsp3) is 0.188. The van der Waals surface area contributed by atoms with E-state index >= 15 is 0 Å². The first-order chi connectivity index (χ1) is 10.0. The third-order valence-corrected chi connectivity index (χ3v) is 3.27. The Labute approximate surface area is 121 Å². The van der Waals surface area contributed by atoms with E-state index in [2.05, 4.69) is 5.32 Å². The summed E-state index contributed by atoms with van der Waals surface area (Å²) in [6, 6.07) is 10.9. The number of anilines is 2. The first-order valence-corrected chi connectivity index (χ1v) is 6.63. The second-order valence-corrected chi connectivity index (χ2v) is 4.71. The van der Waals surface area contributed by atoms with E-state index < -0.39 is 17.6 Å². The van der Waals surface area contributed by atoms with Crippen LogP contribution < -0.4 is 11.1 Å². The number of rotatable bonds is 4. The molecule has 0 aliphatic heterocycles. The second-order valence-electron chi connectivity index (χ2n) is 4.71. The number of halogens is 2. The van der Waals surface area contributed by atoms with Crippen LogP contribution in [-0.4, -0.2) is 5.91 Å². The van der Waals surface area contributed by atoms with Gasteiger partial charge in [-0.3, -0.25) is 4.79 Å². The molecule has 21 heavy (non-hydrogen) atoms. The molecule has 110 valence electrons. The van der Waals surface area contributed by atoms with Gasteiger partial charge in [0.2, 0.25) is 5.91 Å². The van der Waals surface area contributed by atoms with Crippen molar-refractivity contribution in [1.29, 1.82) is 0 Å². The zero-order valence-electron chi connectivity index (χ0n) is 11.6. The largest absolute Gasteiger partial charge is 0.396 e. The predicted molar refractivity (Wildman–Crippen MR) is 78.9 cm³/mol. The quantitative estimate of drug-likeness (QED) is 0.844. The van der Waals surface area contributed by atoms with Crippen molar-refractivity contribution < 1.29 is 13.6 Å². The molecule has 5 heteroatoms. The highest BCUT2D eigenvalue weighted by Crippen LogP contribution is 2.25. The molecule has 0 heterocycles. The van der Waals surface area contributed by atoms with Gasteiger partial charge in [0.05, 0.1) is 17.3 Å². The van der Waals surface area contributed by atoms with Gasteiger partial charge in [-0.25, -0.2) is 8.78 Å². The van der Waals surface area contributed by atoms with Crippen molar-refractivity contribution in [2.24, 2.45) is 0 Å². The Kier molecular flexibility index (Phi) is 4.52. The van der Waals surface area contributed by atoms with Crippen LogP contribution in [0.1, 0.15) is 24.8 Å². The van der Waals surface area contributed by atoms with Crippen LogP contribution in [0, 0.1) is 11.6 Å². The lowest BCUT2D eigenvalue weighted by Gasteiger charge is -2.16. The number of amides is 1. The van der Waals surface area contributed by atoms with E-state index in [1.165, 1.54) is 0 Å². The molecule has 0 bridgehead atoms. The second kappa shape index (κ2) is 6.35. The molecule has 0 aromatic heterocycles. The van der Waals surface area contributed by atoms with Gasteiger partial charge < -0.3 is 11.1 Å². The van der Waals surface area contributed by atoms with E-state index in [1.54, 1.807) is 0 Å². The highest BCUT2D eigenvalue weighted by molar-refractivity contribution is 5.96. The summed E-state index contributed by atoms with van der Waals surface area (Å²) < 4.78 is 26.8. The lowest BCUT2D eigenvalue weighted by molar-refractivity contribution is -0.117. The summed E-state index contributed by atoms with van der Waals surface area (Å²) in [7, 11) is 0. The highest BCUT2D eigenvalue weighted by atomic mass is 19.1. The molecule has 0 aliphatic carbocycles. The minimum absolute atomic E-state index is 0.117. The maximum absolute atomic E-state index is 13.7. The monoisotopic (exact) mass is 290 g/mol. The number of nitrogens with one attached hydrogen (secondary N) is 1. The predicted octanol–water partition coefficient (Wildman–Crippen LogP) is 3.68. The van der Waals surface area contributed by atoms with Crippen molar-refractivity contribution in [3.05, 3.63) is 59.7 Å². The summed E-state index contributed by atoms with van der Waals surface area (Å²) in [4.78, 5) is 12.3. The van der Waals surface area contributed by atoms with Gasteiger partial charge in [-0.1, -0.05) is 37.3 Å². The van der Waals surface area contributed by atoms with Gasteiger partial charge in [0.1, 0.15) is 11.6 Å². The number of nitrogen functional groups attached to an aromatic ring is 1. The topological polar surface area (TPSA) is 55.1 Å². The average Bonchev–Trinajstić information content (AvgIpc) is 2.46. The number of benzene rings is 2. The van der Waals surface area contributed by atoms with Gasteiger partial charge in [0, 0.05) is 6.07 Å². The molecule has 2 rings (SSSR count). The Hall–Kier alpha value is -2.43. The molecule has 0 saturated heterocycles. The molecule has 2 aromatic carbocycles. The van der Waals surface area contributed by atoms with Crippen LogP contribution in [0.4, 0.5) is 20.2 Å². The average molecular weight is 290 g/mol. The van der Waals surface area contributed by atoms with E-state index in [-0.39, 0.29) is 17.3 Å². The minimum Gasteiger partial charge on any atom is -0.396 e. The van der Waals surface area contributed by atoms with Crippen LogP contribution in [0.15, 0.2) is 42.5 Å². The Balaban J connectivity index is 2.23. The van der Waals surface area contributed by atoms with Gasteiger partial charge in [0.15, 0.2) is 0 Å². The lowest BCUT2D eigenvalue weighted by atomic mass is 9.95. The van der Waals surface area contributed by atoms with E-state index in [1.807, 2.05) is 37.3 Å². The van der Waals surface area contributed by atoms with Gasteiger partial charge in [-0.15, -0.1) is 0 Å². The molecule has 1 amide bonds. The Morgan fingerprint density at radius 3 is 2.48 bits per heavy atom. The lowest BCUT2D eigenvalue weighted by Crippen LogP contribution is -2.21. The smallest absolute Gasteiger partial charge is 0.231 e. The van der Waals surface area contributed by atoms with Crippen LogP contribution in [0.5, 0.6) is 0 Å². The SMILES string of the molecule is CCC(C(=O)Nc1cc(N)c(F)cc1F)c1ccccc1. The van der Waals surface area contributed by atoms with Crippen LogP contribution in [0.2, 0.25) is 0 Å². The van der Waals surface area contributed by atoms with E-state index in [0.717, 1.165) is 11.6 Å². The minimum atomic E-state index is -0.849. The number of hydrogen-bond donors (Lipinski definition) is 2. The van der Waals surface area contributed by atoms with E-state index in [9.17, 15) is 13.6 Å². The maximum atomic E-state index is 13.7. The summed E-state index contributed by atoms with van der Waals surface area (Å²) in [6.45, 7) is 1.87.